The van der Waals surface area contributed by atoms with E-state index in [-0.39, 0.29) is 18.4 Å². The summed E-state index contributed by atoms with van der Waals surface area (Å²) in [6, 6.07) is 20.3. The molecule has 5 rings (SSSR count). The van der Waals surface area contributed by atoms with Gasteiger partial charge in [-0.15, -0.1) is 0 Å². The van der Waals surface area contributed by atoms with Gasteiger partial charge in [0.2, 0.25) is 5.91 Å². The molecule has 33 heavy (non-hydrogen) atoms. The third-order valence-corrected chi connectivity index (χ3v) is 5.79. The van der Waals surface area contributed by atoms with Gasteiger partial charge in [0.25, 0.3) is 11.8 Å². The molecule has 8 heteroatoms. The lowest BCUT2D eigenvalue weighted by Crippen LogP contribution is -2.50. The van der Waals surface area contributed by atoms with E-state index in [4.69, 9.17) is 0 Å². The fourth-order valence-electron chi connectivity index (χ4n) is 4.30. The summed E-state index contributed by atoms with van der Waals surface area (Å²) in [6.45, 7) is -0.255. The highest BCUT2D eigenvalue weighted by atomic mass is 16.5. The van der Waals surface area contributed by atoms with Crippen LogP contribution >= 0.6 is 0 Å². The van der Waals surface area contributed by atoms with E-state index in [9.17, 15) is 19.2 Å². The van der Waals surface area contributed by atoms with Gasteiger partial charge in [0.1, 0.15) is 12.7 Å². The molecule has 1 N–H and O–H groups in total. The van der Waals surface area contributed by atoms with E-state index in [2.05, 4.69) is 10.1 Å². The number of carbonyl (C=O) groups is 4. The average Bonchev–Trinajstić information content (AvgIpc) is 3.14. The number of nitrogens with zero attached hydrogens (tertiary/aromatic N) is 2. The maximum Gasteiger partial charge on any atom is 0.337 e. The van der Waals surface area contributed by atoms with Gasteiger partial charge in [0.15, 0.2) is 0 Å². The van der Waals surface area contributed by atoms with E-state index >= 15 is 0 Å². The Hall–Kier alpha value is -4.46. The van der Waals surface area contributed by atoms with Crippen LogP contribution in [0.2, 0.25) is 0 Å². The van der Waals surface area contributed by atoms with Crippen LogP contribution in [0.25, 0.3) is 0 Å². The molecule has 0 aliphatic carbocycles. The fraction of sp³-hybridized carbons (Fsp3) is 0.120. The summed E-state index contributed by atoms with van der Waals surface area (Å²) in [5, 5.41) is 2.74. The molecule has 0 unspecified atom stereocenters. The van der Waals surface area contributed by atoms with E-state index in [1.54, 1.807) is 59.5 Å². The Morgan fingerprint density at radius 1 is 0.879 bits per heavy atom. The van der Waals surface area contributed by atoms with Crippen LogP contribution in [-0.2, 0) is 9.53 Å². The van der Waals surface area contributed by atoms with Crippen LogP contribution in [-0.4, -0.2) is 42.2 Å². The Kier molecular flexibility index (Phi) is 4.90. The lowest BCUT2D eigenvalue weighted by molar-refractivity contribution is -0.117. The first-order chi connectivity index (χ1) is 16.0. The molecule has 0 spiro atoms. The minimum Gasteiger partial charge on any atom is -0.465 e. The molecule has 3 aromatic rings. The van der Waals surface area contributed by atoms with Gasteiger partial charge in [-0.25, -0.2) is 4.79 Å². The number of ether oxygens (including phenoxy) is 1. The zero-order chi connectivity index (χ0) is 23.1. The van der Waals surface area contributed by atoms with Gasteiger partial charge in [-0.05, 0) is 42.5 Å². The van der Waals surface area contributed by atoms with Crippen molar-refractivity contribution in [3.8, 4) is 0 Å². The topological polar surface area (TPSA) is 96.0 Å². The lowest BCUT2D eigenvalue weighted by Gasteiger charge is -2.40. The molecule has 0 saturated heterocycles. The van der Waals surface area contributed by atoms with Gasteiger partial charge < -0.3 is 15.0 Å². The summed E-state index contributed by atoms with van der Waals surface area (Å²) in [5.41, 5.74) is 2.91. The highest BCUT2D eigenvalue weighted by Crippen LogP contribution is 2.44. The number of para-hydroxylation sites is 1. The van der Waals surface area contributed by atoms with E-state index in [0.717, 1.165) is 0 Å². The van der Waals surface area contributed by atoms with Gasteiger partial charge in [-0.2, -0.15) is 0 Å². The quantitative estimate of drug-likeness (QED) is 0.627. The number of fused-ring (bicyclic) bond motifs is 5. The second-order valence-corrected chi connectivity index (χ2v) is 7.70. The van der Waals surface area contributed by atoms with E-state index < -0.39 is 18.0 Å². The monoisotopic (exact) mass is 441 g/mol. The highest BCUT2D eigenvalue weighted by molar-refractivity contribution is 6.17. The van der Waals surface area contributed by atoms with Gasteiger partial charge in [-0.1, -0.05) is 30.3 Å². The van der Waals surface area contributed by atoms with Crippen LogP contribution in [0, 0.1) is 0 Å². The van der Waals surface area contributed by atoms with Crippen molar-refractivity contribution in [3.63, 3.8) is 0 Å². The van der Waals surface area contributed by atoms with Crippen molar-refractivity contribution >= 4 is 35.1 Å². The molecular weight excluding hydrogens is 422 g/mol. The summed E-state index contributed by atoms with van der Waals surface area (Å²) in [6.07, 6.45) is -0.705. The second-order valence-electron chi connectivity index (χ2n) is 7.70. The highest BCUT2D eigenvalue weighted by Gasteiger charge is 2.48. The molecular formula is C25H19N3O5. The summed E-state index contributed by atoms with van der Waals surface area (Å²) < 4.78 is 4.67. The number of methoxy groups -OCH3 is 1. The van der Waals surface area contributed by atoms with Crippen molar-refractivity contribution < 1.29 is 23.9 Å². The van der Waals surface area contributed by atoms with Crippen LogP contribution in [0.3, 0.4) is 0 Å². The number of anilines is 2. The molecule has 2 heterocycles. The molecule has 0 fully saturated rings. The molecule has 2 aliphatic rings. The molecule has 0 saturated carbocycles. The normalized spacial score (nSPS) is 16.1. The molecule has 164 valence electrons. The number of carbonyl (C=O) groups excluding carboxylic acids is 4. The molecule has 0 aromatic heterocycles. The summed E-state index contributed by atoms with van der Waals surface area (Å²) in [4.78, 5) is 54.0. The van der Waals surface area contributed by atoms with Gasteiger partial charge in [0, 0.05) is 16.8 Å². The molecule has 0 radical (unpaired) electrons. The van der Waals surface area contributed by atoms with Crippen molar-refractivity contribution in [1.82, 2.24) is 4.90 Å². The van der Waals surface area contributed by atoms with Gasteiger partial charge >= 0.3 is 5.97 Å². The maximum absolute atomic E-state index is 13.4. The van der Waals surface area contributed by atoms with Gasteiger partial charge in [-0.3, -0.25) is 19.3 Å². The second kappa shape index (κ2) is 7.90. The molecule has 3 aromatic carbocycles. The van der Waals surface area contributed by atoms with Crippen molar-refractivity contribution in [2.24, 2.45) is 0 Å². The Balaban J connectivity index is 1.45. The summed E-state index contributed by atoms with van der Waals surface area (Å²) in [5.74, 6) is -1.44. The van der Waals surface area contributed by atoms with Crippen molar-refractivity contribution in [1.29, 1.82) is 0 Å². The largest absolute Gasteiger partial charge is 0.465 e. The number of hydrogen-bond acceptors (Lipinski definition) is 5. The predicted molar refractivity (Wildman–Crippen MR) is 120 cm³/mol. The van der Waals surface area contributed by atoms with Crippen molar-refractivity contribution in [2.45, 2.75) is 6.17 Å². The van der Waals surface area contributed by atoms with Crippen LogP contribution in [0.15, 0.2) is 72.8 Å². The van der Waals surface area contributed by atoms with Crippen LogP contribution in [0.5, 0.6) is 0 Å². The van der Waals surface area contributed by atoms with Crippen molar-refractivity contribution in [3.05, 3.63) is 95.1 Å². The van der Waals surface area contributed by atoms with Crippen LogP contribution < -0.4 is 10.2 Å². The predicted octanol–water partition coefficient (Wildman–Crippen LogP) is 3.23. The number of amides is 3. The third-order valence-electron chi connectivity index (χ3n) is 5.79. The number of rotatable bonds is 4. The molecule has 0 bridgehead atoms. The van der Waals surface area contributed by atoms with Gasteiger partial charge in [0.05, 0.1) is 23.9 Å². The average molecular weight is 441 g/mol. The first kappa shape index (κ1) is 20.4. The molecule has 1 atom stereocenters. The third kappa shape index (κ3) is 3.32. The van der Waals surface area contributed by atoms with E-state index in [1.807, 2.05) is 6.07 Å². The number of hydrogen-bond donors (Lipinski definition) is 1. The summed E-state index contributed by atoms with van der Waals surface area (Å²) >= 11 is 0. The van der Waals surface area contributed by atoms with Crippen LogP contribution in [0.1, 0.15) is 42.8 Å². The lowest BCUT2D eigenvalue weighted by atomic mass is 10.0. The maximum atomic E-state index is 13.4. The van der Waals surface area contributed by atoms with Crippen molar-refractivity contribution in [2.75, 3.05) is 23.9 Å². The minimum atomic E-state index is -0.705. The smallest absolute Gasteiger partial charge is 0.337 e. The number of esters is 1. The zero-order valence-corrected chi connectivity index (χ0v) is 17.6. The number of benzene rings is 3. The Labute approximate surface area is 189 Å². The van der Waals surface area contributed by atoms with E-state index in [1.165, 1.54) is 24.1 Å². The summed E-state index contributed by atoms with van der Waals surface area (Å²) in [7, 11) is 1.29. The first-order valence-electron chi connectivity index (χ1n) is 10.3. The zero-order valence-electron chi connectivity index (χ0n) is 17.6. The van der Waals surface area contributed by atoms with Crippen LogP contribution in [0.4, 0.5) is 11.4 Å². The Morgan fingerprint density at radius 2 is 1.55 bits per heavy atom. The molecule has 8 nitrogen and oxygen atoms in total. The Bertz CT molecular complexity index is 1300. The van der Waals surface area contributed by atoms with E-state index in [0.29, 0.717) is 33.6 Å². The first-order valence-corrected chi connectivity index (χ1v) is 10.3. The molecule has 3 amide bonds. The number of nitrogens with one attached hydrogen (secondary N) is 1. The Morgan fingerprint density at radius 3 is 2.27 bits per heavy atom. The minimum absolute atomic E-state index is 0.209. The SMILES string of the molecule is COC(=O)c1ccc(NC(=O)CN2C(=O)c3ccccc3N3C(=O)c4ccccc4[C@@H]23)cc1. The standard InChI is InChI=1S/C25H19N3O5/c1-33-25(32)15-10-12-16(13-11-15)26-21(29)14-27-22-17-6-2-3-7-18(17)24(31)28(22)20-9-5-4-8-19(20)23(27)30/h2-13,22H,14H2,1H3,(H,26,29)/t22-/m0/s1. The molecule has 2 aliphatic heterocycles. The fourth-order valence-corrected chi connectivity index (χ4v) is 4.30.